The summed E-state index contributed by atoms with van der Waals surface area (Å²) in [6.07, 6.45) is 4.59. The summed E-state index contributed by atoms with van der Waals surface area (Å²) in [4.78, 5) is 1.21. The lowest BCUT2D eigenvalue weighted by Crippen LogP contribution is -2.35. The lowest BCUT2D eigenvalue weighted by Gasteiger charge is -2.25. The van der Waals surface area contributed by atoms with Crippen LogP contribution in [-0.2, 0) is 17.1 Å². The average Bonchev–Trinajstić information content (AvgIpc) is 3.08. The first-order valence-corrected chi connectivity index (χ1v) is 8.99. The lowest BCUT2D eigenvalue weighted by molar-refractivity contribution is 0.347. The van der Waals surface area contributed by atoms with Crippen LogP contribution >= 0.6 is 11.3 Å². The van der Waals surface area contributed by atoms with Crippen molar-refractivity contribution in [3.63, 3.8) is 0 Å². The molecule has 2 aromatic heterocycles. The van der Waals surface area contributed by atoms with Gasteiger partial charge in [0.2, 0.25) is 10.0 Å². The predicted molar refractivity (Wildman–Crippen MR) is 79.1 cm³/mol. The van der Waals surface area contributed by atoms with E-state index in [1.807, 2.05) is 17.5 Å². The zero-order valence-electron chi connectivity index (χ0n) is 11.3. The molecule has 2 aromatic rings. The highest BCUT2D eigenvalue weighted by molar-refractivity contribution is 7.89. The van der Waals surface area contributed by atoms with Crippen molar-refractivity contribution >= 4 is 21.4 Å². The number of nitrogens with zero attached hydrogens (tertiary/aromatic N) is 3. The molecule has 1 aliphatic rings. The van der Waals surface area contributed by atoms with Crippen molar-refractivity contribution in [2.45, 2.75) is 24.2 Å². The molecule has 0 amide bonds. The Morgan fingerprint density at radius 3 is 2.65 bits per heavy atom. The molecule has 1 fully saturated rings. The van der Waals surface area contributed by atoms with Crippen LogP contribution in [0.15, 0.2) is 28.6 Å². The summed E-state index contributed by atoms with van der Waals surface area (Å²) in [6, 6.07) is 3.81. The molecule has 1 saturated heterocycles. The quantitative estimate of drug-likeness (QED) is 0.874. The van der Waals surface area contributed by atoms with Crippen LogP contribution in [0.2, 0.25) is 0 Å². The van der Waals surface area contributed by atoms with Gasteiger partial charge in [-0.25, -0.2) is 8.42 Å². The van der Waals surface area contributed by atoms with Crippen LogP contribution in [0.3, 0.4) is 0 Å². The van der Waals surface area contributed by atoms with E-state index in [1.54, 1.807) is 22.2 Å². The number of rotatable bonds is 3. The third-order valence-electron chi connectivity index (χ3n) is 3.48. The van der Waals surface area contributed by atoms with Crippen LogP contribution in [0.1, 0.15) is 19.3 Å². The molecule has 3 rings (SSSR count). The fourth-order valence-electron chi connectivity index (χ4n) is 2.48. The van der Waals surface area contributed by atoms with Crippen LogP contribution in [0, 0.1) is 0 Å². The third-order valence-corrected chi connectivity index (χ3v) is 6.26. The molecule has 0 atom stereocenters. The number of aryl methyl sites for hydroxylation is 1. The number of piperidine rings is 1. The van der Waals surface area contributed by atoms with Crippen molar-refractivity contribution in [3.05, 3.63) is 23.7 Å². The Hall–Kier alpha value is -1.18. The molecule has 0 aliphatic carbocycles. The van der Waals surface area contributed by atoms with E-state index in [1.165, 1.54) is 11.3 Å². The molecule has 7 heteroatoms. The first-order valence-electron chi connectivity index (χ1n) is 6.67. The number of hydrogen-bond acceptors (Lipinski definition) is 4. The molecular weight excluding hydrogens is 294 g/mol. The first kappa shape index (κ1) is 13.8. The van der Waals surface area contributed by atoms with Crippen molar-refractivity contribution in [1.82, 2.24) is 14.1 Å². The van der Waals surface area contributed by atoms with Gasteiger partial charge in [0.15, 0.2) is 0 Å². The van der Waals surface area contributed by atoms with E-state index in [0.29, 0.717) is 23.7 Å². The fraction of sp³-hybridized carbons (Fsp3) is 0.462. The minimum absolute atomic E-state index is 0.323. The number of sulfonamides is 1. The maximum absolute atomic E-state index is 12.8. The Bertz CT molecular complexity index is 683. The molecule has 3 heterocycles. The Kier molecular flexibility index (Phi) is 3.66. The molecule has 0 unspecified atom stereocenters. The number of hydrogen-bond donors (Lipinski definition) is 0. The van der Waals surface area contributed by atoms with Gasteiger partial charge in [-0.1, -0.05) is 12.5 Å². The summed E-state index contributed by atoms with van der Waals surface area (Å²) in [5.74, 6) is 0. The van der Waals surface area contributed by atoms with Crippen molar-refractivity contribution < 1.29 is 8.42 Å². The molecule has 0 radical (unpaired) electrons. The van der Waals surface area contributed by atoms with Crippen LogP contribution in [-0.4, -0.2) is 35.6 Å². The topological polar surface area (TPSA) is 55.2 Å². The van der Waals surface area contributed by atoms with Crippen LogP contribution in [0.25, 0.3) is 10.6 Å². The van der Waals surface area contributed by atoms with E-state index < -0.39 is 10.0 Å². The van der Waals surface area contributed by atoms with Gasteiger partial charge in [-0.2, -0.15) is 9.40 Å². The molecule has 1 aliphatic heterocycles. The van der Waals surface area contributed by atoms with Gasteiger partial charge in [-0.05, 0) is 24.3 Å². The molecule has 0 bridgehead atoms. The van der Waals surface area contributed by atoms with Crippen LogP contribution in [0.5, 0.6) is 0 Å². The lowest BCUT2D eigenvalue weighted by atomic mass is 10.2. The minimum Gasteiger partial charge on any atom is -0.274 e. The molecule has 0 saturated carbocycles. The smallest absolute Gasteiger partial charge is 0.246 e. The summed E-state index contributed by atoms with van der Waals surface area (Å²) in [7, 11) is -1.68. The van der Waals surface area contributed by atoms with Gasteiger partial charge in [0.25, 0.3) is 0 Å². The van der Waals surface area contributed by atoms with Crippen molar-refractivity contribution in [2.24, 2.45) is 7.05 Å². The van der Waals surface area contributed by atoms with Crippen LogP contribution in [0.4, 0.5) is 0 Å². The normalized spacial score (nSPS) is 17.4. The second kappa shape index (κ2) is 5.31. The maximum atomic E-state index is 12.8. The average molecular weight is 311 g/mol. The Morgan fingerprint density at radius 2 is 2.00 bits per heavy atom. The zero-order valence-corrected chi connectivity index (χ0v) is 13.0. The SMILES string of the molecule is Cn1cc(S(=O)(=O)N2CCCCC2)c(-c2cccs2)n1. The molecule has 20 heavy (non-hydrogen) atoms. The van der Waals surface area contributed by atoms with Crippen molar-refractivity contribution in [3.8, 4) is 10.6 Å². The van der Waals surface area contributed by atoms with Gasteiger partial charge in [0.1, 0.15) is 10.6 Å². The van der Waals surface area contributed by atoms with E-state index in [-0.39, 0.29) is 0 Å². The highest BCUT2D eigenvalue weighted by Crippen LogP contribution is 2.31. The highest BCUT2D eigenvalue weighted by Gasteiger charge is 2.30. The second-order valence-electron chi connectivity index (χ2n) is 4.96. The first-order chi connectivity index (χ1) is 9.59. The largest absolute Gasteiger partial charge is 0.274 e. The van der Waals surface area contributed by atoms with Gasteiger partial charge >= 0.3 is 0 Å². The second-order valence-corrected chi connectivity index (χ2v) is 7.81. The monoisotopic (exact) mass is 311 g/mol. The van der Waals surface area contributed by atoms with Gasteiger partial charge in [-0.3, -0.25) is 4.68 Å². The third kappa shape index (κ3) is 2.41. The molecule has 0 N–H and O–H groups in total. The highest BCUT2D eigenvalue weighted by atomic mass is 32.2. The molecular formula is C13H17N3O2S2. The molecule has 108 valence electrons. The Labute approximate surface area is 122 Å². The van der Waals surface area contributed by atoms with Gasteiger partial charge in [0.05, 0.1) is 4.88 Å². The van der Waals surface area contributed by atoms with E-state index in [4.69, 9.17) is 0 Å². The minimum atomic E-state index is -3.44. The maximum Gasteiger partial charge on any atom is 0.246 e. The summed E-state index contributed by atoms with van der Waals surface area (Å²) >= 11 is 1.51. The summed E-state index contributed by atoms with van der Waals surface area (Å²) in [6.45, 7) is 1.22. The number of aromatic nitrogens is 2. The van der Waals surface area contributed by atoms with Crippen molar-refractivity contribution in [1.29, 1.82) is 0 Å². The van der Waals surface area contributed by atoms with E-state index in [9.17, 15) is 8.42 Å². The van der Waals surface area contributed by atoms with E-state index >= 15 is 0 Å². The van der Waals surface area contributed by atoms with Crippen LogP contribution < -0.4 is 0 Å². The summed E-state index contributed by atoms with van der Waals surface area (Å²) < 4.78 is 28.8. The summed E-state index contributed by atoms with van der Waals surface area (Å²) in [5, 5.41) is 6.27. The van der Waals surface area contributed by atoms with Gasteiger partial charge in [-0.15, -0.1) is 11.3 Å². The molecule has 0 spiro atoms. The van der Waals surface area contributed by atoms with Gasteiger partial charge < -0.3 is 0 Å². The zero-order chi connectivity index (χ0) is 14.2. The fourth-order valence-corrected chi connectivity index (χ4v) is 4.97. The number of thiophene rings is 1. The standard InChI is InChI=1S/C13H17N3O2S2/c1-15-10-12(13(14-15)11-6-5-9-19-11)20(17,18)16-7-3-2-4-8-16/h5-6,9-10H,2-4,7-8H2,1H3. The molecule has 5 nitrogen and oxygen atoms in total. The molecule has 0 aromatic carbocycles. The Balaban J connectivity index is 2.05. The van der Waals surface area contributed by atoms with Gasteiger partial charge in [0, 0.05) is 26.3 Å². The predicted octanol–water partition coefficient (Wildman–Crippen LogP) is 2.32. The Morgan fingerprint density at radius 1 is 1.25 bits per heavy atom. The van der Waals surface area contributed by atoms with E-state index in [0.717, 1.165) is 24.1 Å². The van der Waals surface area contributed by atoms with E-state index in [2.05, 4.69) is 5.10 Å². The summed E-state index contributed by atoms with van der Waals surface area (Å²) in [5.41, 5.74) is 0.563. The van der Waals surface area contributed by atoms with Crippen molar-refractivity contribution in [2.75, 3.05) is 13.1 Å².